The molecule has 1 atom stereocenters. The van der Waals surface area contributed by atoms with Crippen molar-refractivity contribution >= 4 is 29.0 Å². The summed E-state index contributed by atoms with van der Waals surface area (Å²) in [6.45, 7) is 9.20. The minimum Gasteiger partial charge on any atom is -0.491 e. The molecule has 4 heterocycles. The highest BCUT2D eigenvalue weighted by Crippen LogP contribution is 2.39. The number of hydrogen-bond acceptors (Lipinski definition) is 8. The van der Waals surface area contributed by atoms with E-state index in [-0.39, 0.29) is 6.61 Å². The molecular weight excluding hydrogens is 525 g/mol. The second-order valence-corrected chi connectivity index (χ2v) is 10.3. The van der Waals surface area contributed by atoms with Gasteiger partial charge in [0.1, 0.15) is 29.1 Å². The van der Waals surface area contributed by atoms with E-state index in [0.29, 0.717) is 52.6 Å². The summed E-state index contributed by atoms with van der Waals surface area (Å²) in [5, 5.41) is 15.2. The number of aliphatic hydroxyl groups excluding tert-OH is 1. The number of halogens is 2. The fourth-order valence-corrected chi connectivity index (χ4v) is 5.12. The molecule has 198 valence electrons. The van der Waals surface area contributed by atoms with Crippen LogP contribution in [-0.2, 0) is 13.1 Å². The molecule has 8 nitrogen and oxygen atoms in total. The maximum absolute atomic E-state index is 10.1. The highest BCUT2D eigenvalue weighted by molar-refractivity contribution is 6.33. The Labute approximate surface area is 231 Å². The van der Waals surface area contributed by atoms with Gasteiger partial charge in [-0.25, -0.2) is 15.0 Å². The molecule has 0 fully saturated rings. The van der Waals surface area contributed by atoms with E-state index >= 15 is 0 Å². The summed E-state index contributed by atoms with van der Waals surface area (Å²) in [5.74, 6) is 2.47. The van der Waals surface area contributed by atoms with Gasteiger partial charge < -0.3 is 19.3 Å². The van der Waals surface area contributed by atoms with E-state index in [4.69, 9.17) is 42.4 Å². The van der Waals surface area contributed by atoms with Gasteiger partial charge in [-0.2, -0.15) is 0 Å². The molecular formula is C28H29Cl2N5O3. The second-order valence-electron chi connectivity index (χ2n) is 9.53. The van der Waals surface area contributed by atoms with Crippen LogP contribution in [0.1, 0.15) is 48.0 Å². The van der Waals surface area contributed by atoms with Crippen molar-refractivity contribution in [3.05, 3.63) is 68.8 Å². The van der Waals surface area contributed by atoms with Crippen LogP contribution in [0.5, 0.6) is 5.75 Å². The molecule has 1 N–H and O–H groups in total. The van der Waals surface area contributed by atoms with Gasteiger partial charge in [0.2, 0.25) is 0 Å². The Morgan fingerprint density at radius 2 is 1.89 bits per heavy atom. The van der Waals surface area contributed by atoms with Crippen molar-refractivity contribution in [3.63, 3.8) is 0 Å². The fourth-order valence-electron chi connectivity index (χ4n) is 4.75. The molecule has 4 aromatic rings. The molecule has 3 aromatic heterocycles. The predicted octanol–water partition coefficient (Wildman–Crippen LogP) is 6.49. The van der Waals surface area contributed by atoms with E-state index < -0.39 is 6.10 Å². The minimum absolute atomic E-state index is 0.195. The molecule has 0 saturated heterocycles. The van der Waals surface area contributed by atoms with Crippen molar-refractivity contribution in [1.82, 2.24) is 20.1 Å². The average molecular weight is 554 g/mol. The number of hydrogen-bond donors (Lipinski definition) is 1. The summed E-state index contributed by atoms with van der Waals surface area (Å²) in [5.41, 5.74) is 5.85. The van der Waals surface area contributed by atoms with E-state index in [9.17, 15) is 5.11 Å². The SMILES string of the molecule is CCC[C@@H](O)COc1ccc(Cl)c(-c2nc(-c3c(C)noc3C)c(C)c(N3Cc4ccc(Cl)nc4C3)n2)c1. The Hall–Kier alpha value is -3.20. The molecule has 0 unspecified atom stereocenters. The molecule has 0 aliphatic carbocycles. The Morgan fingerprint density at radius 1 is 1.08 bits per heavy atom. The van der Waals surface area contributed by atoms with Crippen LogP contribution in [0.15, 0.2) is 34.9 Å². The quantitative estimate of drug-likeness (QED) is 0.247. The third kappa shape index (κ3) is 5.21. The van der Waals surface area contributed by atoms with Gasteiger partial charge >= 0.3 is 0 Å². The Kier molecular flexibility index (Phi) is 7.56. The van der Waals surface area contributed by atoms with Crippen molar-refractivity contribution in [2.45, 2.75) is 59.7 Å². The summed E-state index contributed by atoms with van der Waals surface area (Å²) in [7, 11) is 0. The van der Waals surface area contributed by atoms with E-state index in [2.05, 4.69) is 15.0 Å². The zero-order chi connectivity index (χ0) is 27.0. The van der Waals surface area contributed by atoms with Crippen LogP contribution in [0.25, 0.3) is 22.6 Å². The summed E-state index contributed by atoms with van der Waals surface area (Å²) in [4.78, 5) is 16.6. The molecule has 0 saturated carbocycles. The number of nitrogens with zero attached hydrogens (tertiary/aromatic N) is 5. The van der Waals surface area contributed by atoms with Gasteiger partial charge in [0, 0.05) is 17.7 Å². The van der Waals surface area contributed by atoms with Gasteiger partial charge in [0.15, 0.2) is 5.82 Å². The molecule has 38 heavy (non-hydrogen) atoms. The summed E-state index contributed by atoms with van der Waals surface area (Å²) < 4.78 is 11.3. The maximum Gasteiger partial charge on any atom is 0.163 e. The van der Waals surface area contributed by atoms with Crippen LogP contribution in [0.4, 0.5) is 5.82 Å². The Balaban J connectivity index is 1.60. The molecule has 1 aliphatic heterocycles. The number of aromatic nitrogens is 4. The van der Waals surface area contributed by atoms with Crippen molar-refractivity contribution in [1.29, 1.82) is 0 Å². The van der Waals surface area contributed by atoms with Crippen molar-refractivity contribution in [3.8, 4) is 28.4 Å². The van der Waals surface area contributed by atoms with Gasteiger partial charge in [-0.3, -0.25) is 0 Å². The first kappa shape index (κ1) is 26.4. The lowest BCUT2D eigenvalue weighted by Gasteiger charge is -2.22. The molecule has 0 bridgehead atoms. The molecule has 0 radical (unpaired) electrons. The Morgan fingerprint density at radius 3 is 2.63 bits per heavy atom. The zero-order valence-corrected chi connectivity index (χ0v) is 23.3. The van der Waals surface area contributed by atoms with E-state index in [1.807, 2.05) is 39.8 Å². The number of pyridine rings is 1. The van der Waals surface area contributed by atoms with Crippen LogP contribution in [0.2, 0.25) is 10.2 Å². The normalized spacial score (nSPS) is 13.6. The van der Waals surface area contributed by atoms with E-state index in [1.54, 1.807) is 18.2 Å². The van der Waals surface area contributed by atoms with E-state index in [1.165, 1.54) is 0 Å². The van der Waals surface area contributed by atoms with Gasteiger partial charge in [0.05, 0.1) is 40.3 Å². The zero-order valence-electron chi connectivity index (χ0n) is 21.8. The summed E-state index contributed by atoms with van der Waals surface area (Å²) in [6.07, 6.45) is 1.01. The average Bonchev–Trinajstić information content (AvgIpc) is 3.46. The number of aryl methyl sites for hydroxylation is 2. The largest absolute Gasteiger partial charge is 0.491 e. The molecule has 1 aliphatic rings. The molecule has 5 rings (SSSR count). The van der Waals surface area contributed by atoms with Crippen LogP contribution >= 0.6 is 23.2 Å². The number of benzene rings is 1. The highest BCUT2D eigenvalue weighted by atomic mass is 35.5. The van der Waals surface area contributed by atoms with Crippen LogP contribution in [0.3, 0.4) is 0 Å². The molecule has 0 amide bonds. The minimum atomic E-state index is -0.536. The maximum atomic E-state index is 10.1. The highest BCUT2D eigenvalue weighted by Gasteiger charge is 2.28. The topological polar surface area (TPSA) is 97.4 Å². The van der Waals surface area contributed by atoms with Crippen molar-refractivity contribution in [2.75, 3.05) is 11.5 Å². The van der Waals surface area contributed by atoms with Gasteiger partial charge in [-0.1, -0.05) is 47.8 Å². The van der Waals surface area contributed by atoms with Gasteiger partial charge in [-0.15, -0.1) is 0 Å². The molecule has 10 heteroatoms. The van der Waals surface area contributed by atoms with Crippen LogP contribution < -0.4 is 9.64 Å². The lowest BCUT2D eigenvalue weighted by molar-refractivity contribution is 0.0994. The fraction of sp³-hybridized carbons (Fsp3) is 0.357. The number of aliphatic hydroxyl groups is 1. The summed E-state index contributed by atoms with van der Waals surface area (Å²) in [6, 6.07) is 9.16. The summed E-state index contributed by atoms with van der Waals surface area (Å²) >= 11 is 12.8. The smallest absolute Gasteiger partial charge is 0.163 e. The Bertz CT molecular complexity index is 1470. The van der Waals surface area contributed by atoms with Crippen LogP contribution in [-0.4, -0.2) is 37.9 Å². The number of ether oxygens (including phenoxy) is 1. The number of fused-ring (bicyclic) bond motifs is 1. The number of anilines is 1. The van der Waals surface area contributed by atoms with Gasteiger partial charge in [-0.05, 0) is 57.0 Å². The van der Waals surface area contributed by atoms with Crippen molar-refractivity contribution in [2.24, 2.45) is 0 Å². The van der Waals surface area contributed by atoms with E-state index in [0.717, 1.165) is 46.0 Å². The first-order valence-corrected chi connectivity index (χ1v) is 13.3. The third-order valence-corrected chi connectivity index (χ3v) is 7.21. The molecule has 0 spiro atoms. The second kappa shape index (κ2) is 10.9. The lowest BCUT2D eigenvalue weighted by Crippen LogP contribution is -2.19. The monoisotopic (exact) mass is 553 g/mol. The standard InChI is InChI=1S/C28H29Cl2N5O3/c1-5-6-19(36)14-37-20-8-9-22(29)21(11-20)27-32-26(25-16(3)34-38-17(25)4)15(2)28(33-27)35-12-18-7-10-24(30)31-23(18)13-35/h7-11,19,36H,5-6,12-14H2,1-4H3/t19-/m1/s1. The lowest BCUT2D eigenvalue weighted by atomic mass is 10.0. The van der Waals surface area contributed by atoms with Crippen molar-refractivity contribution < 1.29 is 14.4 Å². The van der Waals surface area contributed by atoms with Crippen LogP contribution in [0, 0.1) is 20.8 Å². The first-order valence-electron chi connectivity index (χ1n) is 12.6. The first-order chi connectivity index (χ1) is 18.2. The van der Waals surface area contributed by atoms with Gasteiger partial charge in [0.25, 0.3) is 0 Å². The third-order valence-electron chi connectivity index (χ3n) is 6.67. The molecule has 1 aromatic carbocycles. The number of rotatable bonds is 8. The predicted molar refractivity (Wildman–Crippen MR) is 148 cm³/mol.